The maximum atomic E-state index is 6.58. The van der Waals surface area contributed by atoms with E-state index in [4.69, 9.17) is 19.4 Å². The van der Waals surface area contributed by atoms with Crippen LogP contribution in [0.5, 0.6) is 0 Å². The number of benzene rings is 5. The van der Waals surface area contributed by atoms with Crippen molar-refractivity contribution in [3.63, 3.8) is 0 Å². The van der Waals surface area contributed by atoms with E-state index in [1.165, 1.54) is 5.56 Å². The largest absolute Gasteiger partial charge is 0.458 e. The summed E-state index contributed by atoms with van der Waals surface area (Å²) >= 11 is 0. The summed E-state index contributed by atoms with van der Waals surface area (Å²) < 4.78 is 6.58. The second-order valence-electron chi connectivity index (χ2n) is 11.3. The highest BCUT2D eigenvalue weighted by molar-refractivity contribution is 6.01. The van der Waals surface area contributed by atoms with Crippen molar-refractivity contribution in [1.82, 2.24) is 15.0 Å². The maximum absolute atomic E-state index is 6.58. The van der Waals surface area contributed by atoms with Gasteiger partial charge in [-0.25, -0.2) is 15.0 Å². The first-order valence-electron chi connectivity index (χ1n) is 14.5. The van der Waals surface area contributed by atoms with Crippen molar-refractivity contribution in [1.29, 1.82) is 0 Å². The average Bonchev–Trinajstić information content (AvgIpc) is 3.46. The number of hydrogen-bond acceptors (Lipinski definition) is 5. The van der Waals surface area contributed by atoms with Gasteiger partial charge in [0.15, 0.2) is 17.5 Å². The molecule has 0 N–H and O–H groups in total. The SMILES string of the molecule is CC1(C)c2ccccc2N(c2cccc(-c3nc(-c4ccccc4)nc(-c4ccccc4)n3)c2)c2c1oc1ccccc21. The minimum Gasteiger partial charge on any atom is -0.458 e. The third-order valence-electron chi connectivity index (χ3n) is 8.24. The van der Waals surface area contributed by atoms with Gasteiger partial charge in [-0.2, -0.15) is 0 Å². The molecule has 0 spiro atoms. The van der Waals surface area contributed by atoms with Crippen molar-refractivity contribution in [2.75, 3.05) is 4.90 Å². The number of anilines is 3. The summed E-state index contributed by atoms with van der Waals surface area (Å²) in [5.41, 5.74) is 7.81. The predicted molar refractivity (Wildman–Crippen MR) is 173 cm³/mol. The molecule has 7 aromatic rings. The number of para-hydroxylation sites is 2. The Hall–Kier alpha value is -5.55. The zero-order valence-electron chi connectivity index (χ0n) is 23.9. The fourth-order valence-corrected chi connectivity index (χ4v) is 6.11. The quantitative estimate of drug-likeness (QED) is 0.216. The highest BCUT2D eigenvalue weighted by Gasteiger charge is 2.41. The van der Waals surface area contributed by atoms with E-state index in [1.54, 1.807) is 0 Å². The van der Waals surface area contributed by atoms with E-state index < -0.39 is 0 Å². The molecule has 0 unspecified atom stereocenters. The number of aromatic nitrogens is 3. The van der Waals surface area contributed by atoms with Gasteiger partial charge in [-0.3, -0.25) is 0 Å². The Bertz CT molecular complexity index is 2060. The van der Waals surface area contributed by atoms with E-state index in [2.05, 4.69) is 79.4 Å². The molecule has 0 fully saturated rings. The first kappa shape index (κ1) is 25.2. The Balaban J connectivity index is 1.34. The molecule has 206 valence electrons. The molecule has 43 heavy (non-hydrogen) atoms. The third kappa shape index (κ3) is 4.12. The summed E-state index contributed by atoms with van der Waals surface area (Å²) in [6, 6.07) is 45.5. The second kappa shape index (κ2) is 9.78. The Labute approximate surface area is 250 Å². The second-order valence-corrected chi connectivity index (χ2v) is 11.3. The molecule has 0 atom stereocenters. The summed E-state index contributed by atoms with van der Waals surface area (Å²) in [6.45, 7) is 4.48. The molecular weight excluding hydrogens is 528 g/mol. The molecule has 1 aliphatic rings. The molecule has 0 amide bonds. The van der Waals surface area contributed by atoms with Crippen LogP contribution >= 0.6 is 0 Å². The molecule has 5 nitrogen and oxygen atoms in total. The van der Waals surface area contributed by atoms with Gasteiger partial charge in [0.25, 0.3) is 0 Å². The first-order valence-corrected chi connectivity index (χ1v) is 14.5. The van der Waals surface area contributed by atoms with E-state index in [0.29, 0.717) is 17.5 Å². The van der Waals surface area contributed by atoms with Crippen LogP contribution in [0.25, 0.3) is 45.1 Å². The van der Waals surface area contributed by atoms with Crippen molar-refractivity contribution < 1.29 is 4.42 Å². The molecule has 0 aliphatic carbocycles. The molecule has 0 radical (unpaired) electrons. The standard InChI is InChI=1S/C38H28N4O/c1-38(2)30-21-10-11-22-31(30)42(33-29-20-9-12-23-32(29)43-34(33)38)28-19-13-18-27(24-28)37-40-35(25-14-5-3-6-15-25)39-36(41-37)26-16-7-4-8-17-26/h3-24H,1-2H3. The molecule has 2 aromatic heterocycles. The topological polar surface area (TPSA) is 55.1 Å². The van der Waals surface area contributed by atoms with Crippen molar-refractivity contribution in [3.05, 3.63) is 145 Å². The lowest BCUT2D eigenvalue weighted by molar-refractivity contribution is 0.450. The lowest BCUT2D eigenvalue weighted by Crippen LogP contribution is -2.29. The minimum atomic E-state index is -0.303. The van der Waals surface area contributed by atoms with Gasteiger partial charge in [0.2, 0.25) is 0 Å². The molecule has 5 heteroatoms. The summed E-state index contributed by atoms with van der Waals surface area (Å²) in [5.74, 6) is 2.86. The van der Waals surface area contributed by atoms with E-state index in [0.717, 1.165) is 50.5 Å². The zero-order valence-corrected chi connectivity index (χ0v) is 23.9. The van der Waals surface area contributed by atoms with Gasteiger partial charge in [0.1, 0.15) is 11.3 Å². The molecular formula is C38H28N4O. The van der Waals surface area contributed by atoms with E-state index in [9.17, 15) is 0 Å². The van der Waals surface area contributed by atoms with Crippen molar-refractivity contribution >= 4 is 28.0 Å². The highest BCUT2D eigenvalue weighted by atomic mass is 16.3. The number of fused-ring (bicyclic) bond motifs is 4. The third-order valence-corrected chi connectivity index (χ3v) is 8.24. The number of rotatable bonds is 4. The lowest BCUT2D eigenvalue weighted by Gasteiger charge is -2.39. The number of nitrogens with zero attached hydrogens (tertiary/aromatic N) is 4. The predicted octanol–water partition coefficient (Wildman–Crippen LogP) is 9.73. The van der Waals surface area contributed by atoms with Crippen molar-refractivity contribution in [2.45, 2.75) is 19.3 Å². The van der Waals surface area contributed by atoms with Gasteiger partial charge in [-0.05, 0) is 49.7 Å². The fourth-order valence-electron chi connectivity index (χ4n) is 6.11. The highest BCUT2D eigenvalue weighted by Crippen LogP contribution is 2.55. The van der Waals surface area contributed by atoms with Gasteiger partial charge in [0, 0.05) is 27.8 Å². The van der Waals surface area contributed by atoms with E-state index in [-0.39, 0.29) is 5.41 Å². The van der Waals surface area contributed by atoms with E-state index in [1.807, 2.05) is 72.8 Å². The van der Waals surface area contributed by atoms with Crippen LogP contribution < -0.4 is 4.90 Å². The lowest BCUT2D eigenvalue weighted by atomic mass is 9.77. The molecule has 0 saturated carbocycles. The van der Waals surface area contributed by atoms with Gasteiger partial charge in [-0.1, -0.05) is 103 Å². The van der Waals surface area contributed by atoms with Crippen LogP contribution in [0.2, 0.25) is 0 Å². The molecule has 3 heterocycles. The normalized spacial score (nSPS) is 13.5. The van der Waals surface area contributed by atoms with Crippen LogP contribution in [0, 0.1) is 0 Å². The van der Waals surface area contributed by atoms with Crippen LogP contribution in [0.3, 0.4) is 0 Å². The molecule has 5 aromatic carbocycles. The summed E-state index contributed by atoms with van der Waals surface area (Å²) in [7, 11) is 0. The molecule has 8 rings (SSSR count). The van der Waals surface area contributed by atoms with Gasteiger partial charge in [-0.15, -0.1) is 0 Å². The smallest absolute Gasteiger partial charge is 0.164 e. The molecule has 0 saturated heterocycles. The Kier molecular flexibility index (Phi) is 5.73. The van der Waals surface area contributed by atoms with E-state index >= 15 is 0 Å². The van der Waals surface area contributed by atoms with Gasteiger partial charge in [0.05, 0.1) is 16.8 Å². The zero-order chi connectivity index (χ0) is 29.0. The minimum absolute atomic E-state index is 0.303. The summed E-state index contributed by atoms with van der Waals surface area (Å²) in [6.07, 6.45) is 0. The monoisotopic (exact) mass is 556 g/mol. The molecule has 0 bridgehead atoms. The Morgan fingerprint density at radius 1 is 0.558 bits per heavy atom. The number of furan rings is 1. The van der Waals surface area contributed by atoms with Crippen LogP contribution in [-0.4, -0.2) is 15.0 Å². The fraction of sp³-hybridized carbons (Fsp3) is 0.0789. The van der Waals surface area contributed by atoms with Crippen LogP contribution in [-0.2, 0) is 5.41 Å². The Morgan fingerprint density at radius 2 is 1.12 bits per heavy atom. The Morgan fingerprint density at radius 3 is 1.81 bits per heavy atom. The van der Waals surface area contributed by atoms with Crippen LogP contribution in [0.1, 0.15) is 25.2 Å². The summed E-state index contributed by atoms with van der Waals surface area (Å²) in [4.78, 5) is 17.1. The number of hydrogen-bond donors (Lipinski definition) is 0. The summed E-state index contributed by atoms with van der Waals surface area (Å²) in [5, 5.41) is 1.09. The van der Waals surface area contributed by atoms with Crippen molar-refractivity contribution in [2.24, 2.45) is 0 Å². The van der Waals surface area contributed by atoms with Crippen LogP contribution in [0.15, 0.2) is 138 Å². The average molecular weight is 557 g/mol. The maximum Gasteiger partial charge on any atom is 0.164 e. The van der Waals surface area contributed by atoms with Crippen LogP contribution in [0.4, 0.5) is 17.1 Å². The van der Waals surface area contributed by atoms with Gasteiger partial charge < -0.3 is 9.32 Å². The van der Waals surface area contributed by atoms with Gasteiger partial charge >= 0.3 is 0 Å². The first-order chi connectivity index (χ1) is 21.1. The van der Waals surface area contributed by atoms with Crippen molar-refractivity contribution in [3.8, 4) is 34.2 Å². The molecule has 1 aliphatic heterocycles.